The highest BCUT2D eigenvalue weighted by Crippen LogP contribution is 2.58. The van der Waals surface area contributed by atoms with Crippen molar-refractivity contribution in [1.82, 2.24) is 0 Å². The van der Waals surface area contributed by atoms with Crippen molar-refractivity contribution in [1.29, 1.82) is 0 Å². The molecule has 0 bridgehead atoms. The molecule has 0 heterocycles. The average molecular weight is 278 g/mol. The molecule has 0 aliphatic heterocycles. The monoisotopic (exact) mass is 278 g/mol. The molecule has 1 fully saturated rings. The molecular formula is C11H16F6O. The van der Waals surface area contributed by atoms with E-state index in [1.54, 1.807) is 0 Å². The molecule has 1 aliphatic carbocycles. The minimum atomic E-state index is -5.74. The highest BCUT2D eigenvalue weighted by Gasteiger charge is 2.77. The van der Waals surface area contributed by atoms with E-state index in [0.717, 1.165) is 13.8 Å². The third kappa shape index (κ3) is 2.10. The summed E-state index contributed by atoms with van der Waals surface area (Å²) in [4.78, 5) is 0. The fourth-order valence-electron chi connectivity index (χ4n) is 2.83. The molecule has 1 N–H and O–H groups in total. The summed E-state index contributed by atoms with van der Waals surface area (Å²) in [5, 5.41) is 9.42. The van der Waals surface area contributed by atoms with Crippen LogP contribution in [0.25, 0.3) is 0 Å². The van der Waals surface area contributed by atoms with Crippen molar-refractivity contribution in [2.75, 3.05) is 0 Å². The van der Waals surface area contributed by atoms with Crippen LogP contribution in [-0.2, 0) is 0 Å². The Kier molecular flexibility index (Phi) is 3.71. The van der Waals surface area contributed by atoms with E-state index in [9.17, 15) is 31.4 Å². The maximum Gasteiger partial charge on any atom is 0.426 e. The van der Waals surface area contributed by atoms with Crippen LogP contribution in [-0.4, -0.2) is 23.1 Å². The van der Waals surface area contributed by atoms with Crippen LogP contribution in [0.2, 0.25) is 0 Å². The second-order valence-electron chi connectivity index (χ2n) is 5.41. The topological polar surface area (TPSA) is 20.2 Å². The Morgan fingerprint density at radius 1 is 0.833 bits per heavy atom. The molecule has 0 aromatic heterocycles. The van der Waals surface area contributed by atoms with E-state index in [4.69, 9.17) is 0 Å². The van der Waals surface area contributed by atoms with Gasteiger partial charge in [-0.1, -0.05) is 26.7 Å². The highest BCUT2D eigenvalue weighted by atomic mass is 19.4. The molecule has 1 nitrogen and oxygen atoms in total. The van der Waals surface area contributed by atoms with Gasteiger partial charge in [-0.3, -0.25) is 0 Å². The summed E-state index contributed by atoms with van der Waals surface area (Å²) in [6, 6.07) is 0. The van der Waals surface area contributed by atoms with E-state index in [-0.39, 0.29) is 12.8 Å². The minimum Gasteiger partial charge on any atom is -0.373 e. The molecule has 7 heteroatoms. The quantitative estimate of drug-likeness (QED) is 0.755. The van der Waals surface area contributed by atoms with Crippen molar-refractivity contribution in [3.63, 3.8) is 0 Å². The van der Waals surface area contributed by atoms with Crippen LogP contribution in [0.1, 0.15) is 39.5 Å². The summed E-state index contributed by atoms with van der Waals surface area (Å²) in [6.07, 6.45) is -9.72. The zero-order valence-corrected chi connectivity index (χ0v) is 10.1. The lowest BCUT2D eigenvalue weighted by Gasteiger charge is -2.47. The largest absolute Gasteiger partial charge is 0.426 e. The van der Waals surface area contributed by atoms with Crippen LogP contribution in [0.15, 0.2) is 0 Å². The first kappa shape index (κ1) is 15.6. The van der Waals surface area contributed by atoms with Gasteiger partial charge in [-0.25, -0.2) is 0 Å². The Bertz CT molecular complexity index is 284. The smallest absolute Gasteiger partial charge is 0.373 e. The van der Waals surface area contributed by atoms with Crippen molar-refractivity contribution in [2.24, 2.45) is 11.3 Å². The van der Waals surface area contributed by atoms with E-state index in [1.807, 2.05) is 0 Å². The zero-order chi connectivity index (χ0) is 14.4. The first-order valence-electron chi connectivity index (χ1n) is 5.71. The summed E-state index contributed by atoms with van der Waals surface area (Å²) >= 11 is 0. The second-order valence-corrected chi connectivity index (χ2v) is 5.41. The molecule has 1 aliphatic rings. The standard InChI is InChI=1S/C11H16F6O/c1-8(2,7-5-3-4-6-7)9(18,10(12,13)14)11(15,16)17/h7,18H,3-6H2,1-2H3. The van der Waals surface area contributed by atoms with Crippen LogP contribution in [0.5, 0.6) is 0 Å². The molecular weight excluding hydrogens is 262 g/mol. The summed E-state index contributed by atoms with van der Waals surface area (Å²) in [5.41, 5.74) is -6.96. The van der Waals surface area contributed by atoms with Crippen LogP contribution in [0, 0.1) is 11.3 Å². The van der Waals surface area contributed by atoms with Crippen molar-refractivity contribution < 1.29 is 31.4 Å². The Hall–Kier alpha value is -0.460. The molecule has 1 rings (SSSR count). The number of halogens is 6. The number of alkyl halides is 6. The molecule has 0 aromatic carbocycles. The van der Waals surface area contributed by atoms with Crippen LogP contribution in [0.4, 0.5) is 26.3 Å². The van der Waals surface area contributed by atoms with Gasteiger partial charge in [0.1, 0.15) is 0 Å². The van der Waals surface area contributed by atoms with Gasteiger partial charge in [0.2, 0.25) is 0 Å². The normalized spacial score (nSPS) is 20.5. The SMILES string of the molecule is CC(C)(C1CCCC1)C(O)(C(F)(F)F)C(F)(F)F. The predicted molar refractivity (Wildman–Crippen MR) is 52.8 cm³/mol. The highest BCUT2D eigenvalue weighted by molar-refractivity contribution is 5.07. The number of hydrogen-bond acceptors (Lipinski definition) is 1. The lowest BCUT2D eigenvalue weighted by Crippen LogP contribution is -2.67. The minimum absolute atomic E-state index is 0.279. The van der Waals surface area contributed by atoms with Gasteiger partial charge in [0.15, 0.2) is 0 Å². The van der Waals surface area contributed by atoms with Gasteiger partial charge in [-0.15, -0.1) is 0 Å². The van der Waals surface area contributed by atoms with Gasteiger partial charge < -0.3 is 5.11 Å². The first-order chi connectivity index (χ1) is 7.86. The van der Waals surface area contributed by atoms with Crippen LogP contribution in [0.3, 0.4) is 0 Å². The van der Waals surface area contributed by atoms with Crippen molar-refractivity contribution >= 4 is 0 Å². The molecule has 0 amide bonds. The third-order valence-corrected chi connectivity index (χ3v) is 4.13. The van der Waals surface area contributed by atoms with Crippen molar-refractivity contribution in [3.05, 3.63) is 0 Å². The Labute approximate surface area is 101 Å². The predicted octanol–water partition coefficient (Wildman–Crippen LogP) is 4.06. The van der Waals surface area contributed by atoms with E-state index in [1.165, 1.54) is 0 Å². The van der Waals surface area contributed by atoms with Gasteiger partial charge >= 0.3 is 12.4 Å². The van der Waals surface area contributed by atoms with Crippen LogP contribution < -0.4 is 0 Å². The Balaban J connectivity index is 3.26. The summed E-state index contributed by atoms with van der Waals surface area (Å²) < 4.78 is 76.7. The van der Waals surface area contributed by atoms with Gasteiger partial charge in [0.05, 0.1) is 0 Å². The lowest BCUT2D eigenvalue weighted by atomic mass is 9.64. The van der Waals surface area contributed by atoms with Gasteiger partial charge in [-0.2, -0.15) is 26.3 Å². The Morgan fingerprint density at radius 2 is 1.17 bits per heavy atom. The fraction of sp³-hybridized carbons (Fsp3) is 1.00. The summed E-state index contributed by atoms with van der Waals surface area (Å²) in [7, 11) is 0. The van der Waals surface area contributed by atoms with Crippen molar-refractivity contribution in [2.45, 2.75) is 57.5 Å². The average Bonchev–Trinajstić information content (AvgIpc) is 2.65. The summed E-state index contributed by atoms with van der Waals surface area (Å²) in [5.74, 6) is -0.786. The van der Waals surface area contributed by atoms with E-state index < -0.39 is 29.3 Å². The van der Waals surface area contributed by atoms with Crippen molar-refractivity contribution in [3.8, 4) is 0 Å². The van der Waals surface area contributed by atoms with Gasteiger partial charge in [0.25, 0.3) is 5.60 Å². The van der Waals surface area contributed by atoms with E-state index in [2.05, 4.69) is 0 Å². The molecule has 18 heavy (non-hydrogen) atoms. The maximum atomic E-state index is 12.8. The van der Waals surface area contributed by atoms with Gasteiger partial charge in [-0.05, 0) is 18.8 Å². The van der Waals surface area contributed by atoms with Crippen LogP contribution >= 0.6 is 0 Å². The molecule has 0 unspecified atom stereocenters. The maximum absolute atomic E-state index is 12.8. The molecule has 0 spiro atoms. The summed E-state index contributed by atoms with van der Waals surface area (Å²) in [6.45, 7) is 1.70. The van der Waals surface area contributed by atoms with E-state index in [0.29, 0.717) is 12.8 Å². The number of rotatable bonds is 2. The first-order valence-corrected chi connectivity index (χ1v) is 5.71. The number of aliphatic hydroxyl groups is 1. The molecule has 0 saturated heterocycles. The third-order valence-electron chi connectivity index (χ3n) is 4.13. The molecule has 108 valence electrons. The molecule has 0 radical (unpaired) electrons. The van der Waals surface area contributed by atoms with Gasteiger partial charge in [0, 0.05) is 5.41 Å². The molecule has 1 saturated carbocycles. The molecule has 0 aromatic rings. The van der Waals surface area contributed by atoms with E-state index >= 15 is 0 Å². The Morgan fingerprint density at radius 3 is 1.44 bits per heavy atom. The molecule has 0 atom stereocenters. The fourth-order valence-corrected chi connectivity index (χ4v) is 2.83. The lowest BCUT2D eigenvalue weighted by molar-refractivity contribution is -0.405. The number of hydrogen-bond donors (Lipinski definition) is 1. The second kappa shape index (κ2) is 4.28. The zero-order valence-electron chi connectivity index (χ0n) is 10.1.